The third kappa shape index (κ3) is 4.18. The van der Waals surface area contributed by atoms with Crippen molar-refractivity contribution in [2.75, 3.05) is 13.2 Å². The molecule has 1 fully saturated rings. The van der Waals surface area contributed by atoms with E-state index in [9.17, 15) is 4.79 Å². The monoisotopic (exact) mass is 434 g/mol. The summed E-state index contributed by atoms with van der Waals surface area (Å²) in [6, 6.07) is 15.9. The Morgan fingerprint density at radius 1 is 1.16 bits per heavy atom. The van der Waals surface area contributed by atoms with Crippen molar-refractivity contribution in [2.24, 2.45) is 0 Å². The molecule has 0 aliphatic carbocycles. The molecule has 31 heavy (non-hydrogen) atoms. The van der Waals surface area contributed by atoms with Crippen LogP contribution in [0.25, 0.3) is 5.69 Å². The number of rotatable bonds is 6. The summed E-state index contributed by atoms with van der Waals surface area (Å²) >= 11 is 5.64. The lowest BCUT2D eigenvalue weighted by molar-refractivity contribution is -0.143. The zero-order valence-electron chi connectivity index (χ0n) is 17.9. The van der Waals surface area contributed by atoms with E-state index < -0.39 is 0 Å². The normalized spacial score (nSPS) is 18.2. The number of hydrogen-bond acceptors (Lipinski definition) is 4. The summed E-state index contributed by atoms with van der Waals surface area (Å²) in [4.78, 5) is 18.8. The zero-order chi connectivity index (χ0) is 22.0. The second-order valence-corrected chi connectivity index (χ2v) is 8.02. The van der Waals surface area contributed by atoms with Crippen molar-refractivity contribution in [3.05, 3.63) is 83.4 Å². The lowest BCUT2D eigenvalue weighted by atomic mass is 10.0. The van der Waals surface area contributed by atoms with Crippen LogP contribution in [0.3, 0.4) is 0 Å². The Morgan fingerprint density at radius 3 is 2.71 bits per heavy atom. The van der Waals surface area contributed by atoms with Crippen molar-refractivity contribution in [3.8, 4) is 5.69 Å². The molecule has 0 unspecified atom stereocenters. The van der Waals surface area contributed by atoms with Crippen LogP contribution in [-0.4, -0.2) is 38.7 Å². The number of benzene rings is 1. The van der Waals surface area contributed by atoms with Crippen molar-refractivity contribution in [2.45, 2.75) is 32.9 Å². The summed E-state index contributed by atoms with van der Waals surface area (Å²) in [5, 5.41) is 3.89. The minimum atomic E-state index is -0.303. The molecular weight excluding hydrogens is 408 g/mol. The van der Waals surface area contributed by atoms with Crippen LogP contribution in [0.15, 0.2) is 60.9 Å². The van der Waals surface area contributed by atoms with Gasteiger partial charge in [0.15, 0.2) is 5.11 Å². The molecule has 0 radical (unpaired) electrons. The van der Waals surface area contributed by atoms with Gasteiger partial charge in [-0.3, -0.25) is 9.78 Å². The molecule has 1 N–H and O–H groups in total. The Labute approximate surface area is 187 Å². The van der Waals surface area contributed by atoms with Gasteiger partial charge >= 0.3 is 5.97 Å². The van der Waals surface area contributed by atoms with Crippen LogP contribution < -0.4 is 5.32 Å². The SMILES string of the molecule is CCOC(=O)CN1C(=S)N[C@@H](c2ccccn2)[C@@H]1c1cccn1-c1ccc(C)c(C)c1. The fourth-order valence-electron chi connectivity index (χ4n) is 3.99. The molecule has 3 aromatic rings. The van der Waals surface area contributed by atoms with E-state index in [-0.39, 0.29) is 24.6 Å². The highest BCUT2D eigenvalue weighted by atomic mass is 32.1. The molecule has 6 nitrogen and oxygen atoms in total. The Balaban J connectivity index is 1.79. The minimum Gasteiger partial charge on any atom is -0.465 e. The summed E-state index contributed by atoms with van der Waals surface area (Å²) in [7, 11) is 0. The van der Waals surface area contributed by atoms with Gasteiger partial charge in [0.25, 0.3) is 0 Å². The Kier molecular flexibility index (Phi) is 6.04. The van der Waals surface area contributed by atoms with Gasteiger partial charge < -0.3 is 19.5 Å². The molecule has 1 aliphatic heterocycles. The van der Waals surface area contributed by atoms with Crippen LogP contribution in [0.5, 0.6) is 0 Å². The lowest BCUT2D eigenvalue weighted by Crippen LogP contribution is -2.36. The van der Waals surface area contributed by atoms with Gasteiger partial charge in [0, 0.05) is 23.8 Å². The largest absolute Gasteiger partial charge is 0.465 e. The second-order valence-electron chi connectivity index (χ2n) is 7.63. The summed E-state index contributed by atoms with van der Waals surface area (Å²) in [6.45, 7) is 6.43. The van der Waals surface area contributed by atoms with Crippen LogP contribution in [0.2, 0.25) is 0 Å². The van der Waals surface area contributed by atoms with Gasteiger partial charge in [-0.2, -0.15) is 0 Å². The number of hydrogen-bond donors (Lipinski definition) is 1. The molecule has 0 spiro atoms. The Hall–Kier alpha value is -3.19. The Bertz CT molecular complexity index is 1100. The van der Waals surface area contributed by atoms with E-state index in [0.717, 1.165) is 17.1 Å². The maximum Gasteiger partial charge on any atom is 0.325 e. The maximum absolute atomic E-state index is 12.4. The second kappa shape index (κ2) is 8.89. The van der Waals surface area contributed by atoms with Crippen LogP contribution >= 0.6 is 12.2 Å². The van der Waals surface area contributed by atoms with Crippen molar-refractivity contribution in [3.63, 3.8) is 0 Å². The first-order chi connectivity index (χ1) is 15.0. The van der Waals surface area contributed by atoms with Gasteiger partial charge in [-0.15, -0.1) is 0 Å². The topological polar surface area (TPSA) is 59.4 Å². The molecule has 7 heteroatoms. The number of carbonyl (C=O) groups is 1. The van der Waals surface area contributed by atoms with Crippen LogP contribution in [0, 0.1) is 13.8 Å². The van der Waals surface area contributed by atoms with E-state index in [1.807, 2.05) is 35.4 Å². The molecule has 1 saturated heterocycles. The zero-order valence-corrected chi connectivity index (χ0v) is 18.7. The first-order valence-electron chi connectivity index (χ1n) is 10.4. The highest BCUT2D eigenvalue weighted by molar-refractivity contribution is 7.80. The van der Waals surface area contributed by atoms with Crippen molar-refractivity contribution in [1.29, 1.82) is 0 Å². The highest BCUT2D eigenvalue weighted by Gasteiger charge is 2.42. The molecule has 0 bridgehead atoms. The maximum atomic E-state index is 12.4. The Morgan fingerprint density at radius 2 is 2.00 bits per heavy atom. The summed E-state index contributed by atoms with van der Waals surface area (Å²) in [6.07, 6.45) is 3.81. The number of aromatic nitrogens is 2. The molecular formula is C24H26N4O2S. The number of carbonyl (C=O) groups excluding carboxylic acids is 1. The average molecular weight is 435 g/mol. The fourth-order valence-corrected chi connectivity index (χ4v) is 4.29. The quantitative estimate of drug-likeness (QED) is 0.467. The van der Waals surface area contributed by atoms with Gasteiger partial charge in [-0.1, -0.05) is 12.1 Å². The molecule has 0 saturated carbocycles. The van der Waals surface area contributed by atoms with Crippen LogP contribution in [0.1, 0.15) is 41.5 Å². The van der Waals surface area contributed by atoms with Crippen molar-refractivity contribution >= 4 is 23.3 Å². The molecule has 2 aromatic heterocycles. The van der Waals surface area contributed by atoms with Gasteiger partial charge in [0.1, 0.15) is 6.54 Å². The molecule has 3 heterocycles. The number of ether oxygens (including phenoxy) is 1. The molecule has 4 rings (SSSR count). The van der Waals surface area contributed by atoms with Gasteiger partial charge in [0.2, 0.25) is 0 Å². The van der Waals surface area contributed by atoms with Gasteiger partial charge in [-0.05, 0) is 80.5 Å². The van der Waals surface area contributed by atoms with E-state index in [4.69, 9.17) is 17.0 Å². The third-order valence-corrected chi connectivity index (χ3v) is 6.01. The number of aryl methyl sites for hydroxylation is 2. The molecule has 1 aliphatic rings. The van der Waals surface area contributed by atoms with Gasteiger partial charge in [-0.25, -0.2) is 0 Å². The third-order valence-electron chi connectivity index (χ3n) is 5.65. The van der Waals surface area contributed by atoms with Crippen LogP contribution in [-0.2, 0) is 9.53 Å². The van der Waals surface area contributed by atoms with Crippen molar-refractivity contribution < 1.29 is 9.53 Å². The average Bonchev–Trinajstić information content (AvgIpc) is 3.36. The predicted molar refractivity (Wildman–Crippen MR) is 124 cm³/mol. The number of thiocarbonyl (C=S) groups is 1. The predicted octanol–water partition coefficient (Wildman–Crippen LogP) is 4.02. The number of pyridine rings is 1. The smallest absolute Gasteiger partial charge is 0.325 e. The first kappa shape index (κ1) is 21.1. The molecule has 160 valence electrons. The molecule has 0 amide bonds. The fraction of sp³-hybridized carbons (Fsp3) is 0.292. The summed E-state index contributed by atoms with van der Waals surface area (Å²) in [5.41, 5.74) is 5.43. The van der Waals surface area contributed by atoms with Crippen LogP contribution in [0.4, 0.5) is 0 Å². The van der Waals surface area contributed by atoms with E-state index in [0.29, 0.717) is 11.7 Å². The van der Waals surface area contributed by atoms with Crippen molar-refractivity contribution in [1.82, 2.24) is 19.8 Å². The summed E-state index contributed by atoms with van der Waals surface area (Å²) < 4.78 is 7.37. The highest BCUT2D eigenvalue weighted by Crippen LogP contribution is 2.39. The van der Waals surface area contributed by atoms with Gasteiger partial charge in [0.05, 0.1) is 24.4 Å². The van der Waals surface area contributed by atoms with E-state index in [2.05, 4.69) is 53.0 Å². The lowest BCUT2D eigenvalue weighted by Gasteiger charge is -2.28. The van der Waals surface area contributed by atoms with E-state index in [1.54, 1.807) is 13.1 Å². The minimum absolute atomic E-state index is 0.0752. The molecule has 1 aromatic carbocycles. The number of nitrogens with zero attached hydrogens (tertiary/aromatic N) is 3. The summed E-state index contributed by atoms with van der Waals surface area (Å²) in [5.74, 6) is -0.303. The van der Waals surface area contributed by atoms with E-state index >= 15 is 0 Å². The molecule has 2 atom stereocenters. The number of esters is 1. The first-order valence-corrected chi connectivity index (χ1v) is 10.8. The standard InChI is InChI=1S/C24H26N4O2S/c1-4-30-21(29)15-28-23(22(26-24(28)31)19-8-5-6-12-25-19)20-9-7-13-27(20)18-11-10-16(2)17(3)14-18/h5-14,22-23H,4,15H2,1-3H3,(H,26,31)/t22-,23-/m0/s1. The number of nitrogens with one attached hydrogen (secondary N) is 1. The van der Waals surface area contributed by atoms with E-state index in [1.165, 1.54) is 11.1 Å².